The Bertz CT molecular complexity index is 510. The molecule has 20 heavy (non-hydrogen) atoms. The second kappa shape index (κ2) is 6.38. The van der Waals surface area contributed by atoms with Gasteiger partial charge in [0.05, 0.1) is 23.8 Å². The highest BCUT2D eigenvalue weighted by atomic mass is 16.5. The summed E-state index contributed by atoms with van der Waals surface area (Å²) in [5, 5.41) is 11.7. The molecule has 6 nitrogen and oxygen atoms in total. The van der Waals surface area contributed by atoms with Crippen molar-refractivity contribution >= 4 is 17.6 Å². The summed E-state index contributed by atoms with van der Waals surface area (Å²) < 4.78 is 5.12. The van der Waals surface area contributed by atoms with E-state index >= 15 is 0 Å². The first kappa shape index (κ1) is 16.0. The van der Waals surface area contributed by atoms with Crippen LogP contribution in [0.1, 0.15) is 30.6 Å². The molecular weight excluding hydrogens is 260 g/mol. The van der Waals surface area contributed by atoms with Crippen LogP contribution in [0, 0.1) is 5.41 Å². The monoisotopic (exact) mass is 280 g/mol. The van der Waals surface area contributed by atoms with Crippen molar-refractivity contribution in [1.82, 2.24) is 0 Å². The Labute approximate surface area is 117 Å². The van der Waals surface area contributed by atoms with Gasteiger partial charge in [0.25, 0.3) is 0 Å². The molecule has 0 spiro atoms. The average molecular weight is 280 g/mol. The van der Waals surface area contributed by atoms with Crippen molar-refractivity contribution in [3.8, 4) is 5.75 Å². The number of carboxylic acids is 1. The molecule has 4 N–H and O–H groups in total. The first-order valence-electron chi connectivity index (χ1n) is 6.30. The second-order valence-electron chi connectivity index (χ2n) is 4.79. The van der Waals surface area contributed by atoms with Crippen LogP contribution in [-0.4, -0.2) is 30.6 Å². The number of hydrogen-bond donors (Lipinski definition) is 3. The minimum absolute atomic E-state index is 0.0760. The molecule has 1 unspecified atom stereocenters. The number of ether oxygens (including phenoxy) is 1. The number of benzene rings is 1. The number of nitrogens with one attached hydrogen (secondary N) is 1. The third-order valence-corrected chi connectivity index (χ3v) is 3.47. The lowest BCUT2D eigenvalue weighted by molar-refractivity contribution is -0.124. The van der Waals surface area contributed by atoms with Crippen LogP contribution in [0.2, 0.25) is 0 Å². The fourth-order valence-corrected chi connectivity index (χ4v) is 1.61. The fraction of sp³-hybridized carbons (Fsp3) is 0.429. The molecule has 1 aromatic carbocycles. The summed E-state index contributed by atoms with van der Waals surface area (Å²) in [6, 6.07) is 4.29. The van der Waals surface area contributed by atoms with Gasteiger partial charge in [0.2, 0.25) is 5.91 Å². The highest BCUT2D eigenvalue weighted by Crippen LogP contribution is 2.28. The molecule has 0 aliphatic carbocycles. The van der Waals surface area contributed by atoms with Gasteiger partial charge < -0.3 is 20.9 Å². The quantitative estimate of drug-likeness (QED) is 0.736. The van der Waals surface area contributed by atoms with Crippen LogP contribution >= 0.6 is 0 Å². The van der Waals surface area contributed by atoms with Crippen molar-refractivity contribution in [3.63, 3.8) is 0 Å². The van der Waals surface area contributed by atoms with Crippen molar-refractivity contribution in [2.75, 3.05) is 19.0 Å². The Morgan fingerprint density at radius 1 is 1.45 bits per heavy atom. The summed E-state index contributed by atoms with van der Waals surface area (Å²) in [6.07, 6.45) is 0.580. The number of aromatic carboxylic acids is 1. The van der Waals surface area contributed by atoms with E-state index < -0.39 is 11.4 Å². The van der Waals surface area contributed by atoms with Gasteiger partial charge in [0.1, 0.15) is 5.75 Å². The molecule has 0 aliphatic heterocycles. The van der Waals surface area contributed by atoms with Crippen molar-refractivity contribution in [3.05, 3.63) is 23.8 Å². The number of carbonyl (C=O) groups excluding carboxylic acids is 1. The first-order chi connectivity index (χ1) is 9.37. The Morgan fingerprint density at radius 2 is 2.10 bits per heavy atom. The van der Waals surface area contributed by atoms with Gasteiger partial charge in [-0.05, 0) is 31.5 Å². The highest BCUT2D eigenvalue weighted by Gasteiger charge is 2.30. The van der Waals surface area contributed by atoms with Gasteiger partial charge in [-0.1, -0.05) is 6.92 Å². The Balaban J connectivity index is 3.10. The number of methoxy groups -OCH3 is 1. The molecule has 0 fully saturated rings. The Hall–Kier alpha value is -2.08. The summed E-state index contributed by atoms with van der Waals surface area (Å²) in [4.78, 5) is 23.2. The predicted molar refractivity (Wildman–Crippen MR) is 76.0 cm³/mol. The number of anilines is 1. The average Bonchev–Trinajstić information content (AvgIpc) is 2.46. The van der Waals surface area contributed by atoms with E-state index in [2.05, 4.69) is 5.32 Å². The predicted octanol–water partition coefficient (Wildman–Crippen LogP) is 1.71. The summed E-state index contributed by atoms with van der Waals surface area (Å²) in [7, 11) is 1.45. The summed E-state index contributed by atoms with van der Waals surface area (Å²) >= 11 is 0. The summed E-state index contributed by atoms with van der Waals surface area (Å²) in [5.41, 5.74) is 5.33. The van der Waals surface area contributed by atoms with E-state index in [1.807, 2.05) is 6.92 Å². The lowest BCUT2D eigenvalue weighted by atomic mass is 9.86. The molecule has 1 aromatic rings. The molecule has 0 aromatic heterocycles. The number of carbonyl (C=O) groups is 2. The standard InChI is InChI=1S/C14H20N2O4/c1-4-14(2,8-15)13(19)16-10-7-9(12(17)18)5-6-11(10)20-3/h5-7H,4,8,15H2,1-3H3,(H,16,19)(H,17,18). The second-order valence-corrected chi connectivity index (χ2v) is 4.79. The van der Waals surface area contributed by atoms with E-state index in [0.29, 0.717) is 17.9 Å². The van der Waals surface area contributed by atoms with Gasteiger partial charge in [0.15, 0.2) is 0 Å². The van der Waals surface area contributed by atoms with Gasteiger partial charge in [-0.25, -0.2) is 4.79 Å². The minimum Gasteiger partial charge on any atom is -0.495 e. The van der Waals surface area contributed by atoms with Gasteiger partial charge in [-0.15, -0.1) is 0 Å². The normalized spacial score (nSPS) is 13.4. The molecule has 1 amide bonds. The van der Waals surface area contributed by atoms with Crippen LogP contribution in [0.25, 0.3) is 0 Å². The van der Waals surface area contributed by atoms with Crippen molar-refractivity contribution in [1.29, 1.82) is 0 Å². The third-order valence-electron chi connectivity index (χ3n) is 3.47. The van der Waals surface area contributed by atoms with Crippen LogP contribution in [-0.2, 0) is 4.79 Å². The summed E-state index contributed by atoms with van der Waals surface area (Å²) in [5.74, 6) is -0.928. The lowest BCUT2D eigenvalue weighted by Gasteiger charge is -2.25. The summed E-state index contributed by atoms with van der Waals surface area (Å²) in [6.45, 7) is 3.84. The number of rotatable bonds is 6. The van der Waals surface area contributed by atoms with E-state index in [1.165, 1.54) is 25.3 Å². The molecule has 0 radical (unpaired) electrons. The number of hydrogen-bond acceptors (Lipinski definition) is 4. The molecule has 6 heteroatoms. The molecule has 0 bridgehead atoms. The minimum atomic E-state index is -1.07. The maximum Gasteiger partial charge on any atom is 0.335 e. The van der Waals surface area contributed by atoms with E-state index in [-0.39, 0.29) is 18.0 Å². The molecule has 1 rings (SSSR count). The van der Waals surface area contributed by atoms with E-state index in [4.69, 9.17) is 15.6 Å². The molecule has 0 saturated heterocycles. The lowest BCUT2D eigenvalue weighted by Crippen LogP contribution is -2.39. The molecule has 0 saturated carbocycles. The smallest absolute Gasteiger partial charge is 0.335 e. The van der Waals surface area contributed by atoms with Gasteiger partial charge in [-0.3, -0.25) is 4.79 Å². The zero-order valence-electron chi connectivity index (χ0n) is 11.9. The molecule has 0 heterocycles. The van der Waals surface area contributed by atoms with Crippen molar-refractivity contribution in [2.24, 2.45) is 11.1 Å². The van der Waals surface area contributed by atoms with Crippen LogP contribution in [0.5, 0.6) is 5.75 Å². The molecule has 0 aliphatic rings. The fourth-order valence-electron chi connectivity index (χ4n) is 1.61. The SMILES string of the molecule is CCC(C)(CN)C(=O)Nc1cc(C(=O)O)ccc1OC. The van der Waals surface area contributed by atoms with Crippen LogP contribution in [0.3, 0.4) is 0 Å². The molecule has 110 valence electrons. The Kier molecular flexibility index (Phi) is 5.10. The Morgan fingerprint density at radius 3 is 2.55 bits per heavy atom. The number of carboxylic acid groups (broad SMARTS) is 1. The van der Waals surface area contributed by atoms with Crippen LogP contribution < -0.4 is 15.8 Å². The van der Waals surface area contributed by atoms with E-state index in [9.17, 15) is 9.59 Å². The first-order valence-corrected chi connectivity index (χ1v) is 6.30. The molecule has 1 atom stereocenters. The largest absolute Gasteiger partial charge is 0.495 e. The van der Waals surface area contributed by atoms with Gasteiger partial charge in [-0.2, -0.15) is 0 Å². The molecular formula is C14H20N2O4. The highest BCUT2D eigenvalue weighted by molar-refractivity contribution is 5.98. The number of amides is 1. The van der Waals surface area contributed by atoms with Crippen LogP contribution in [0.15, 0.2) is 18.2 Å². The van der Waals surface area contributed by atoms with Gasteiger partial charge >= 0.3 is 5.97 Å². The third kappa shape index (κ3) is 3.27. The van der Waals surface area contributed by atoms with Crippen molar-refractivity contribution < 1.29 is 19.4 Å². The zero-order valence-corrected chi connectivity index (χ0v) is 11.9. The van der Waals surface area contributed by atoms with Gasteiger partial charge in [0, 0.05) is 6.54 Å². The maximum absolute atomic E-state index is 12.3. The topological polar surface area (TPSA) is 102 Å². The van der Waals surface area contributed by atoms with E-state index in [1.54, 1.807) is 6.92 Å². The van der Waals surface area contributed by atoms with Crippen LogP contribution in [0.4, 0.5) is 5.69 Å². The maximum atomic E-state index is 12.3. The van der Waals surface area contributed by atoms with E-state index in [0.717, 1.165) is 0 Å². The zero-order chi connectivity index (χ0) is 15.3. The van der Waals surface area contributed by atoms with Crippen molar-refractivity contribution in [2.45, 2.75) is 20.3 Å². The number of nitrogens with two attached hydrogens (primary N) is 1.